The van der Waals surface area contributed by atoms with Crippen molar-refractivity contribution in [3.05, 3.63) is 62.4 Å². The van der Waals surface area contributed by atoms with Gasteiger partial charge in [-0.1, -0.05) is 81.5 Å². The summed E-state index contributed by atoms with van der Waals surface area (Å²) in [7, 11) is 0. The first-order valence-electron chi connectivity index (χ1n) is 15.4. The van der Waals surface area contributed by atoms with Gasteiger partial charge >= 0.3 is 0 Å². The van der Waals surface area contributed by atoms with Gasteiger partial charge in [0.1, 0.15) is 31.3 Å². The Bertz CT molecular complexity index is 1770. The number of aliphatic hydroxyl groups is 2. The maximum Gasteiger partial charge on any atom is 0.158 e. The fraction of sp³-hybridized carbons (Fsp3) is 0.400. The van der Waals surface area contributed by atoms with Crippen LogP contribution in [0.25, 0.3) is 0 Å². The molecule has 2 saturated heterocycles. The molecule has 21 heteroatoms. The highest BCUT2D eigenvalue weighted by atomic mass is 35.5. The summed E-state index contributed by atoms with van der Waals surface area (Å²) in [5.74, 6) is 1.26. The lowest BCUT2D eigenvalue weighted by atomic mass is 9.90. The summed E-state index contributed by atoms with van der Waals surface area (Å²) in [4.78, 5) is 28.1. The number of hydrogen-bond acceptors (Lipinski definition) is 16. The van der Waals surface area contributed by atoms with E-state index in [9.17, 15) is 5.11 Å². The molecule has 6 rings (SSSR count). The number of pyridine rings is 2. The van der Waals surface area contributed by atoms with Crippen LogP contribution in [0, 0.1) is 0 Å². The normalized spacial score (nSPS) is 16.4. The van der Waals surface area contributed by atoms with Crippen LogP contribution < -0.4 is 33.2 Å². The number of piperidine rings is 2. The minimum atomic E-state index is -0.511. The van der Waals surface area contributed by atoms with Gasteiger partial charge in [-0.05, 0) is 50.9 Å². The van der Waals surface area contributed by atoms with E-state index in [0.29, 0.717) is 67.5 Å². The number of rotatable bonds is 7. The lowest BCUT2D eigenvalue weighted by Gasteiger charge is -2.38. The molecule has 0 unspecified atom stereocenters. The molecule has 0 aliphatic carbocycles. The van der Waals surface area contributed by atoms with Crippen molar-refractivity contribution in [1.29, 1.82) is 0 Å². The lowest BCUT2D eigenvalue weighted by molar-refractivity contribution is 0.163. The number of hydrogen-bond donors (Lipinski definition) is 7. The summed E-state index contributed by atoms with van der Waals surface area (Å²) < 4.78 is 0. The minimum Gasteiger partial charge on any atom is -0.394 e. The number of nitrogen functional groups attached to an aromatic ring is 2. The molecule has 0 aromatic carbocycles. The van der Waals surface area contributed by atoms with Crippen molar-refractivity contribution in [2.45, 2.75) is 56.6 Å². The fourth-order valence-corrected chi connectivity index (χ4v) is 7.24. The Kier molecular flexibility index (Phi) is 15.7. The van der Waals surface area contributed by atoms with Crippen LogP contribution in [0.5, 0.6) is 0 Å². The molecule has 2 aliphatic heterocycles. The van der Waals surface area contributed by atoms with Crippen LogP contribution in [-0.4, -0.2) is 90.6 Å². The molecule has 0 bridgehead atoms. The van der Waals surface area contributed by atoms with Gasteiger partial charge in [-0.2, -0.15) is 0 Å². The first kappa shape index (κ1) is 41.6. The third kappa shape index (κ3) is 11.9. The quantitative estimate of drug-likeness (QED) is 0.124. The molecule has 2 aliphatic rings. The minimum absolute atomic E-state index is 0.0144. The van der Waals surface area contributed by atoms with Crippen LogP contribution >= 0.6 is 81.5 Å². The Hall–Kier alpha value is -2.19. The number of halogens is 5. The van der Waals surface area contributed by atoms with E-state index in [0.717, 1.165) is 25.9 Å². The Morgan fingerprint density at radius 2 is 1.18 bits per heavy atom. The molecule has 0 atom stereocenters. The zero-order chi connectivity index (χ0) is 37.2. The number of nitrogens with one attached hydrogen (secondary N) is 1. The Labute approximate surface area is 328 Å². The maximum absolute atomic E-state index is 9.35. The van der Waals surface area contributed by atoms with E-state index in [4.69, 9.17) is 86.0 Å². The summed E-state index contributed by atoms with van der Waals surface area (Å²) in [6.07, 6.45) is 9.37. The van der Waals surface area contributed by atoms with Crippen LogP contribution in [0.1, 0.15) is 25.7 Å². The number of nitrogens with two attached hydrogens (primary N) is 4. The molecule has 6 heterocycles. The molecule has 11 N–H and O–H groups in total. The van der Waals surface area contributed by atoms with Crippen molar-refractivity contribution in [3.63, 3.8) is 0 Å². The predicted molar refractivity (Wildman–Crippen MR) is 206 cm³/mol. The van der Waals surface area contributed by atoms with Crippen molar-refractivity contribution >= 4 is 99.0 Å². The highest BCUT2D eigenvalue weighted by molar-refractivity contribution is 7.99. The molecule has 4 aromatic rings. The van der Waals surface area contributed by atoms with E-state index in [-0.39, 0.29) is 40.0 Å². The maximum atomic E-state index is 9.35. The molecule has 0 spiro atoms. The second kappa shape index (κ2) is 19.2. The van der Waals surface area contributed by atoms with E-state index in [1.807, 2.05) is 0 Å². The van der Waals surface area contributed by atoms with Crippen LogP contribution in [0.3, 0.4) is 0 Å². The SMILES string of the molecule is NC1(CO)CCNCC1.Nc1nc(Cl)cnc1Sc1ccnc(Cl)c1Cl.Nc1nc(N2CCC(N)(CO)CC2)cnc1Sc1ccnc(Cl)c1Cl. The van der Waals surface area contributed by atoms with Gasteiger partial charge in [0.25, 0.3) is 0 Å². The summed E-state index contributed by atoms with van der Waals surface area (Å²) in [5.41, 5.74) is 22.8. The zero-order valence-electron chi connectivity index (χ0n) is 27.1. The number of aliphatic hydroxyl groups excluding tert-OH is 2. The Morgan fingerprint density at radius 3 is 1.63 bits per heavy atom. The predicted octanol–water partition coefficient (Wildman–Crippen LogP) is 4.83. The van der Waals surface area contributed by atoms with Gasteiger partial charge in [0.15, 0.2) is 11.6 Å². The lowest BCUT2D eigenvalue weighted by Crippen LogP contribution is -2.53. The summed E-state index contributed by atoms with van der Waals surface area (Å²) in [6, 6.07) is 3.46. The second-order valence-corrected chi connectivity index (χ2v) is 15.5. The largest absolute Gasteiger partial charge is 0.394 e. The van der Waals surface area contributed by atoms with Gasteiger partial charge < -0.3 is 43.4 Å². The van der Waals surface area contributed by atoms with Crippen molar-refractivity contribution in [3.8, 4) is 0 Å². The Morgan fingerprint density at radius 1 is 0.706 bits per heavy atom. The standard InChI is InChI=1S/C15H18Cl2N6OS.C9H5Cl3N4S.C6H14N2O/c16-11-9(1-4-20-12(11)17)25-14-13(18)22-10(7-21-14)23-5-2-15(19,8-24)3-6-23;10-5-3-15-9(8(13)16-5)17-4-1-2-14-7(12)6(4)11;7-6(5-9)1-3-8-4-2-6/h1,4,7,24H,2-3,5-6,8,19H2,(H2,18,22);1-3H,(H2,13,16);8-9H,1-5,7H2. The average molecular weight is 839 g/mol. The molecule has 4 aromatic heterocycles. The van der Waals surface area contributed by atoms with Gasteiger partial charge in [0.2, 0.25) is 0 Å². The monoisotopic (exact) mass is 836 g/mol. The molecule has 0 amide bonds. The Balaban J connectivity index is 0.000000192. The average Bonchev–Trinajstić information content (AvgIpc) is 3.12. The molecule has 51 heavy (non-hydrogen) atoms. The molecular weight excluding hydrogens is 802 g/mol. The molecule has 0 saturated carbocycles. The summed E-state index contributed by atoms with van der Waals surface area (Å²) in [6.45, 7) is 3.38. The third-order valence-electron chi connectivity index (χ3n) is 7.83. The molecule has 276 valence electrons. The van der Waals surface area contributed by atoms with Gasteiger partial charge in [0, 0.05) is 46.4 Å². The van der Waals surface area contributed by atoms with Gasteiger partial charge in [-0.15, -0.1) is 0 Å². The van der Waals surface area contributed by atoms with E-state index < -0.39 is 5.54 Å². The van der Waals surface area contributed by atoms with Gasteiger partial charge in [-0.3, -0.25) is 0 Å². The van der Waals surface area contributed by atoms with Crippen molar-refractivity contribution in [1.82, 2.24) is 35.2 Å². The molecule has 0 radical (unpaired) electrons. The van der Waals surface area contributed by atoms with Crippen LogP contribution in [0.15, 0.2) is 56.8 Å². The zero-order valence-corrected chi connectivity index (χ0v) is 32.5. The van der Waals surface area contributed by atoms with E-state index in [1.54, 1.807) is 30.7 Å². The topological polar surface area (TPSA) is 237 Å². The van der Waals surface area contributed by atoms with Crippen molar-refractivity contribution in [2.24, 2.45) is 11.5 Å². The molecule has 2 fully saturated rings. The van der Waals surface area contributed by atoms with Crippen LogP contribution in [-0.2, 0) is 0 Å². The summed E-state index contributed by atoms with van der Waals surface area (Å²) >= 11 is 32.1. The number of anilines is 3. The van der Waals surface area contributed by atoms with Crippen LogP contribution in [0.4, 0.5) is 17.5 Å². The third-order valence-corrected chi connectivity index (χ3v) is 11.9. The van der Waals surface area contributed by atoms with Gasteiger partial charge in [0.05, 0.1) is 35.7 Å². The first-order valence-corrected chi connectivity index (χ1v) is 18.9. The van der Waals surface area contributed by atoms with Gasteiger partial charge in [-0.25, -0.2) is 29.9 Å². The summed E-state index contributed by atoms with van der Waals surface area (Å²) in [5, 5.41) is 23.8. The van der Waals surface area contributed by atoms with E-state index in [2.05, 4.69) is 40.1 Å². The fourth-order valence-electron chi connectivity index (χ4n) is 4.65. The van der Waals surface area contributed by atoms with Crippen molar-refractivity contribution < 1.29 is 10.2 Å². The number of aromatic nitrogens is 6. The molecule has 14 nitrogen and oxygen atoms in total. The van der Waals surface area contributed by atoms with Crippen molar-refractivity contribution in [2.75, 3.05) is 55.8 Å². The highest BCUT2D eigenvalue weighted by Crippen LogP contribution is 2.38. The highest BCUT2D eigenvalue weighted by Gasteiger charge is 2.31. The smallest absolute Gasteiger partial charge is 0.158 e. The van der Waals surface area contributed by atoms with E-state index >= 15 is 0 Å². The van der Waals surface area contributed by atoms with E-state index in [1.165, 1.54) is 29.7 Å². The second-order valence-electron chi connectivity index (χ2n) is 11.6. The molecular formula is C30H37Cl5N12O2S2. The van der Waals surface area contributed by atoms with Crippen LogP contribution in [0.2, 0.25) is 25.5 Å². The number of nitrogens with zero attached hydrogens (tertiary/aromatic N) is 7. The first-order chi connectivity index (χ1) is 24.3.